The lowest BCUT2D eigenvalue weighted by atomic mass is 10.0. The molecule has 0 aliphatic rings. The van der Waals surface area contributed by atoms with E-state index in [-0.39, 0.29) is 10.8 Å². The molecule has 9 heteroatoms. The van der Waals surface area contributed by atoms with E-state index in [1.807, 2.05) is 17.5 Å². The van der Waals surface area contributed by atoms with Gasteiger partial charge in [0.15, 0.2) is 5.13 Å². The summed E-state index contributed by atoms with van der Waals surface area (Å²) in [6.45, 7) is 4.29. The summed E-state index contributed by atoms with van der Waals surface area (Å²) in [6, 6.07) is 20.3. The predicted octanol–water partition coefficient (Wildman–Crippen LogP) is 6.64. The quantitative estimate of drug-likeness (QED) is 0.291. The Hall–Kier alpha value is -3.20. The zero-order valence-electron chi connectivity index (χ0n) is 18.4. The van der Waals surface area contributed by atoms with Gasteiger partial charge in [0, 0.05) is 27.2 Å². The first kappa shape index (κ1) is 23.9. The van der Waals surface area contributed by atoms with Crippen molar-refractivity contribution in [2.45, 2.75) is 24.7 Å². The molecule has 0 unspecified atom stereocenters. The molecule has 0 fully saturated rings. The largest absolute Gasteiger partial charge is 0.298 e. The second-order valence-electron chi connectivity index (χ2n) is 7.91. The third kappa shape index (κ3) is 5.64. The maximum absolute atomic E-state index is 12.6. The van der Waals surface area contributed by atoms with E-state index in [0.29, 0.717) is 27.3 Å². The van der Waals surface area contributed by atoms with Crippen molar-refractivity contribution in [2.24, 2.45) is 0 Å². The predicted molar refractivity (Wildman–Crippen MR) is 138 cm³/mol. The van der Waals surface area contributed by atoms with Crippen molar-refractivity contribution in [3.05, 3.63) is 94.3 Å². The molecule has 0 aliphatic heterocycles. The molecule has 4 rings (SSSR count). The van der Waals surface area contributed by atoms with Gasteiger partial charge in [0.25, 0.3) is 15.9 Å². The number of aromatic nitrogens is 1. The van der Waals surface area contributed by atoms with Crippen LogP contribution in [0.25, 0.3) is 11.3 Å². The Morgan fingerprint density at radius 3 is 2.21 bits per heavy atom. The van der Waals surface area contributed by atoms with Gasteiger partial charge in [0.1, 0.15) is 0 Å². The van der Waals surface area contributed by atoms with Crippen LogP contribution in [0.15, 0.2) is 83.1 Å². The van der Waals surface area contributed by atoms with E-state index < -0.39 is 10.0 Å². The van der Waals surface area contributed by atoms with Gasteiger partial charge in [-0.25, -0.2) is 13.4 Å². The second kappa shape index (κ2) is 9.97. The van der Waals surface area contributed by atoms with Crippen molar-refractivity contribution in [1.82, 2.24) is 4.98 Å². The second-order valence-corrected chi connectivity index (χ2v) is 10.9. The number of sulfonamides is 1. The van der Waals surface area contributed by atoms with Crippen molar-refractivity contribution < 1.29 is 13.2 Å². The molecule has 1 amide bonds. The number of halogens is 1. The van der Waals surface area contributed by atoms with Crippen molar-refractivity contribution in [3.8, 4) is 11.3 Å². The summed E-state index contributed by atoms with van der Waals surface area (Å²) in [5.41, 5.74) is 3.76. The molecule has 4 aromatic rings. The third-order valence-corrected chi connectivity index (χ3v) is 7.53. The number of hydrogen-bond donors (Lipinski definition) is 2. The van der Waals surface area contributed by atoms with Crippen LogP contribution in [0, 0.1) is 0 Å². The number of hydrogen-bond acceptors (Lipinski definition) is 5. The van der Waals surface area contributed by atoms with E-state index in [1.165, 1.54) is 53.3 Å². The van der Waals surface area contributed by atoms with E-state index in [4.69, 9.17) is 11.6 Å². The molecule has 1 aromatic heterocycles. The smallest absolute Gasteiger partial charge is 0.261 e. The fraction of sp³-hybridized carbons (Fsp3) is 0.120. The molecule has 0 saturated carbocycles. The van der Waals surface area contributed by atoms with Gasteiger partial charge in [-0.15, -0.1) is 11.3 Å². The number of rotatable bonds is 7. The van der Waals surface area contributed by atoms with Crippen molar-refractivity contribution in [2.75, 3.05) is 10.0 Å². The fourth-order valence-electron chi connectivity index (χ4n) is 3.19. The molecule has 3 aromatic carbocycles. The minimum absolute atomic E-state index is 0.0946. The Bertz CT molecular complexity index is 1400. The average Bonchev–Trinajstić information content (AvgIpc) is 3.28. The van der Waals surface area contributed by atoms with Gasteiger partial charge in [0.2, 0.25) is 0 Å². The SMILES string of the molecule is CC(C)c1ccc(-c2csc(NC(=O)c3ccc(NS(=O)(=O)c4ccc(Cl)cc4)cc3)n2)cc1. The summed E-state index contributed by atoms with van der Waals surface area (Å²) < 4.78 is 27.5. The molecule has 0 bridgehead atoms. The standard InChI is InChI=1S/C25H22ClN3O3S2/c1-16(2)17-3-5-18(6-4-17)23-15-33-25(27-23)28-24(30)19-7-11-21(12-8-19)29-34(31,32)22-13-9-20(26)10-14-22/h3-16,29H,1-2H3,(H,27,28,30). The Balaban J connectivity index is 1.41. The van der Waals surface area contributed by atoms with Crippen LogP contribution in [0.3, 0.4) is 0 Å². The number of carbonyl (C=O) groups excluding carboxylic acids is 1. The van der Waals surface area contributed by atoms with Crippen LogP contribution in [-0.2, 0) is 10.0 Å². The van der Waals surface area contributed by atoms with Crippen LogP contribution >= 0.6 is 22.9 Å². The van der Waals surface area contributed by atoms with E-state index in [1.54, 1.807) is 12.1 Å². The minimum atomic E-state index is -3.76. The Morgan fingerprint density at radius 1 is 0.941 bits per heavy atom. The first-order valence-electron chi connectivity index (χ1n) is 10.5. The molecular formula is C25H22ClN3O3S2. The van der Waals surface area contributed by atoms with Crippen LogP contribution in [0.5, 0.6) is 0 Å². The van der Waals surface area contributed by atoms with E-state index in [2.05, 4.69) is 41.0 Å². The first-order chi connectivity index (χ1) is 16.2. The summed E-state index contributed by atoms with van der Waals surface area (Å²) in [6.07, 6.45) is 0. The van der Waals surface area contributed by atoms with Gasteiger partial charge in [-0.2, -0.15) is 0 Å². The van der Waals surface area contributed by atoms with E-state index in [0.717, 1.165) is 11.3 Å². The highest BCUT2D eigenvalue weighted by molar-refractivity contribution is 7.92. The van der Waals surface area contributed by atoms with Gasteiger partial charge in [-0.3, -0.25) is 14.8 Å². The maximum Gasteiger partial charge on any atom is 0.261 e. The van der Waals surface area contributed by atoms with Gasteiger partial charge in [0.05, 0.1) is 10.6 Å². The molecule has 2 N–H and O–H groups in total. The highest BCUT2D eigenvalue weighted by Gasteiger charge is 2.15. The minimum Gasteiger partial charge on any atom is -0.298 e. The molecule has 0 radical (unpaired) electrons. The molecule has 0 atom stereocenters. The third-order valence-electron chi connectivity index (χ3n) is 5.12. The van der Waals surface area contributed by atoms with Crippen molar-refractivity contribution in [3.63, 3.8) is 0 Å². The Kier molecular flexibility index (Phi) is 7.02. The average molecular weight is 512 g/mol. The summed E-state index contributed by atoms with van der Waals surface area (Å²) in [5, 5.41) is 5.63. The van der Waals surface area contributed by atoms with Crippen LogP contribution in [0.2, 0.25) is 5.02 Å². The van der Waals surface area contributed by atoms with Gasteiger partial charge >= 0.3 is 0 Å². The van der Waals surface area contributed by atoms with E-state index >= 15 is 0 Å². The van der Waals surface area contributed by atoms with Gasteiger partial charge in [-0.05, 0) is 60.0 Å². The summed E-state index contributed by atoms with van der Waals surface area (Å²) >= 11 is 7.16. The monoisotopic (exact) mass is 511 g/mol. The first-order valence-corrected chi connectivity index (χ1v) is 13.2. The van der Waals surface area contributed by atoms with Crippen LogP contribution < -0.4 is 10.0 Å². The molecule has 0 aliphatic carbocycles. The van der Waals surface area contributed by atoms with Crippen molar-refractivity contribution in [1.29, 1.82) is 0 Å². The lowest BCUT2D eigenvalue weighted by Gasteiger charge is -2.09. The van der Waals surface area contributed by atoms with Crippen LogP contribution in [0.4, 0.5) is 10.8 Å². The number of carbonyl (C=O) groups is 1. The summed E-state index contributed by atoms with van der Waals surface area (Å²) in [7, 11) is -3.76. The van der Waals surface area contributed by atoms with Gasteiger partial charge < -0.3 is 0 Å². The number of amides is 1. The molecule has 0 spiro atoms. The Morgan fingerprint density at radius 2 is 1.59 bits per heavy atom. The number of nitrogens with one attached hydrogen (secondary N) is 2. The highest BCUT2D eigenvalue weighted by Crippen LogP contribution is 2.27. The number of anilines is 2. The normalized spacial score (nSPS) is 11.4. The zero-order valence-corrected chi connectivity index (χ0v) is 20.8. The fourth-order valence-corrected chi connectivity index (χ4v) is 5.09. The maximum atomic E-state index is 12.6. The lowest BCUT2D eigenvalue weighted by Crippen LogP contribution is -2.14. The molecule has 0 saturated heterocycles. The number of thiazole rings is 1. The number of nitrogens with zero attached hydrogens (tertiary/aromatic N) is 1. The molecule has 1 heterocycles. The topological polar surface area (TPSA) is 88.2 Å². The molecule has 6 nitrogen and oxygen atoms in total. The van der Waals surface area contributed by atoms with Crippen molar-refractivity contribution >= 4 is 49.7 Å². The van der Waals surface area contributed by atoms with E-state index in [9.17, 15) is 13.2 Å². The van der Waals surface area contributed by atoms with Gasteiger partial charge in [-0.1, -0.05) is 49.7 Å². The highest BCUT2D eigenvalue weighted by atomic mass is 35.5. The van der Waals surface area contributed by atoms with Crippen LogP contribution in [-0.4, -0.2) is 19.3 Å². The molecule has 174 valence electrons. The number of benzene rings is 3. The molecular weight excluding hydrogens is 490 g/mol. The Labute approximate surface area is 207 Å². The zero-order chi connectivity index (χ0) is 24.3. The molecule has 34 heavy (non-hydrogen) atoms. The summed E-state index contributed by atoms with van der Waals surface area (Å²) in [4.78, 5) is 17.2. The van der Waals surface area contributed by atoms with Crippen LogP contribution in [0.1, 0.15) is 35.7 Å². The summed E-state index contributed by atoms with van der Waals surface area (Å²) in [5.74, 6) is 0.127. The lowest BCUT2D eigenvalue weighted by molar-refractivity contribution is 0.102.